The Bertz CT molecular complexity index is 846. The Labute approximate surface area is 191 Å². The number of hydrogen-bond acceptors (Lipinski definition) is 2. The lowest BCUT2D eigenvalue weighted by Gasteiger charge is -2.39. The molecule has 2 fully saturated rings. The lowest BCUT2D eigenvalue weighted by Crippen LogP contribution is -2.51. The summed E-state index contributed by atoms with van der Waals surface area (Å²) in [6.45, 7) is 4.49. The lowest BCUT2D eigenvalue weighted by atomic mass is 9.89. The minimum absolute atomic E-state index is 0.447. The van der Waals surface area contributed by atoms with Gasteiger partial charge in [0.25, 0.3) is 0 Å². The van der Waals surface area contributed by atoms with Crippen LogP contribution in [0.5, 0.6) is 0 Å². The number of piperidine rings is 1. The first-order chi connectivity index (χ1) is 14.6. The van der Waals surface area contributed by atoms with Crippen LogP contribution in [0, 0.1) is 12.8 Å². The monoisotopic (exact) mass is 441 g/mol. The Morgan fingerprint density at radius 2 is 1.83 bits per heavy atom. The fraction of sp³-hybridized carbons (Fsp3) is 0.480. The largest absolute Gasteiger partial charge is 0.358 e. The molecule has 3 nitrogen and oxygen atoms in total. The van der Waals surface area contributed by atoms with Gasteiger partial charge in [-0.05, 0) is 112 Å². The van der Waals surface area contributed by atoms with Crippen molar-refractivity contribution in [1.82, 2.24) is 10.2 Å². The Hall–Kier alpha value is -1.62. The third kappa shape index (κ3) is 5.75. The number of nitrogens with one attached hydrogen (secondary N) is 2. The van der Waals surface area contributed by atoms with Crippen molar-refractivity contribution in [3.05, 3.63) is 64.7 Å². The molecule has 2 atom stereocenters. The summed E-state index contributed by atoms with van der Waals surface area (Å²) < 4.78 is 0. The van der Waals surface area contributed by atoms with Crippen molar-refractivity contribution in [3.63, 3.8) is 0 Å². The number of benzene rings is 2. The van der Waals surface area contributed by atoms with E-state index in [9.17, 15) is 0 Å². The Morgan fingerprint density at radius 1 is 1.07 bits per heavy atom. The zero-order chi connectivity index (χ0) is 20.9. The van der Waals surface area contributed by atoms with Crippen molar-refractivity contribution >= 4 is 34.6 Å². The smallest absolute Gasteiger partial charge is 0.171 e. The van der Waals surface area contributed by atoms with Crippen LogP contribution in [-0.2, 0) is 6.42 Å². The Balaban J connectivity index is 1.26. The topological polar surface area (TPSA) is 27.3 Å². The molecule has 0 bridgehead atoms. The summed E-state index contributed by atoms with van der Waals surface area (Å²) in [5, 5.41) is 8.55. The van der Waals surface area contributed by atoms with Crippen molar-refractivity contribution in [2.75, 3.05) is 18.4 Å². The molecule has 0 spiro atoms. The third-order valence-corrected chi connectivity index (χ3v) is 7.10. The van der Waals surface area contributed by atoms with Crippen LogP contribution in [-0.4, -0.2) is 35.2 Å². The van der Waals surface area contributed by atoms with Gasteiger partial charge in [-0.2, -0.15) is 0 Å². The average Bonchev–Trinajstić information content (AvgIpc) is 3.18. The van der Waals surface area contributed by atoms with Crippen molar-refractivity contribution in [1.29, 1.82) is 0 Å². The number of anilines is 1. The van der Waals surface area contributed by atoms with E-state index in [2.05, 4.69) is 58.9 Å². The number of hydrogen-bond donors (Lipinski definition) is 2. The minimum atomic E-state index is 0.447. The molecule has 2 aliphatic rings. The molecule has 5 heteroatoms. The van der Waals surface area contributed by atoms with E-state index in [1.165, 1.54) is 62.7 Å². The van der Waals surface area contributed by atoms with E-state index in [1.54, 1.807) is 0 Å². The van der Waals surface area contributed by atoms with Crippen molar-refractivity contribution in [2.24, 2.45) is 5.92 Å². The first-order valence-electron chi connectivity index (χ1n) is 11.2. The van der Waals surface area contributed by atoms with Gasteiger partial charge in [-0.25, -0.2) is 0 Å². The summed E-state index contributed by atoms with van der Waals surface area (Å²) >= 11 is 11.6. The molecule has 1 heterocycles. The predicted molar refractivity (Wildman–Crippen MR) is 131 cm³/mol. The molecule has 2 aromatic rings. The summed E-state index contributed by atoms with van der Waals surface area (Å²) in [6, 6.07) is 17.8. The molecule has 2 N–H and O–H groups in total. The zero-order valence-electron chi connectivity index (χ0n) is 17.7. The van der Waals surface area contributed by atoms with Gasteiger partial charge < -0.3 is 10.6 Å². The maximum atomic E-state index is 6.02. The normalized spacial score (nSPS) is 22.7. The summed E-state index contributed by atoms with van der Waals surface area (Å²) in [5.41, 5.74) is 3.71. The summed E-state index contributed by atoms with van der Waals surface area (Å²) in [7, 11) is 0. The van der Waals surface area contributed by atoms with Gasteiger partial charge in [-0.15, -0.1) is 0 Å². The van der Waals surface area contributed by atoms with Crippen LogP contribution in [0.1, 0.15) is 43.2 Å². The quantitative estimate of drug-likeness (QED) is 0.572. The van der Waals surface area contributed by atoms with Crippen molar-refractivity contribution in [3.8, 4) is 0 Å². The molecule has 1 aliphatic carbocycles. The molecule has 0 unspecified atom stereocenters. The summed E-state index contributed by atoms with van der Waals surface area (Å²) in [4.78, 5) is 2.71. The van der Waals surface area contributed by atoms with E-state index in [4.69, 9.17) is 23.8 Å². The van der Waals surface area contributed by atoms with Crippen molar-refractivity contribution < 1.29 is 0 Å². The van der Waals surface area contributed by atoms with Crippen LogP contribution in [0.15, 0.2) is 48.5 Å². The van der Waals surface area contributed by atoms with Gasteiger partial charge in [0.2, 0.25) is 0 Å². The van der Waals surface area contributed by atoms with Crippen LogP contribution >= 0.6 is 23.8 Å². The second-order valence-corrected chi connectivity index (χ2v) is 9.73. The molecule has 30 heavy (non-hydrogen) atoms. The Kier molecular flexibility index (Phi) is 7.29. The molecule has 4 rings (SSSR count). The maximum Gasteiger partial charge on any atom is 0.171 e. The zero-order valence-corrected chi connectivity index (χ0v) is 19.3. The standard InChI is InChI=1S/C25H32ClN3S/c1-18-4-2-5-22(16-18)27-25(30)28-23-6-3-7-24(23)29-14-12-20(13-15-29)17-19-8-10-21(26)11-9-19/h2,4-5,8-11,16,20,23-24H,3,6-7,12-15,17H2,1H3,(H2,27,28,30)/t23-,24-/m1/s1. The number of aryl methyl sites for hydroxylation is 1. The summed E-state index contributed by atoms with van der Waals surface area (Å²) in [6.07, 6.45) is 7.47. The molecule has 2 aromatic carbocycles. The fourth-order valence-corrected chi connectivity index (χ4v) is 5.44. The van der Waals surface area contributed by atoms with Gasteiger partial charge in [0.15, 0.2) is 5.11 Å². The van der Waals surface area contributed by atoms with Crippen LogP contribution in [0.2, 0.25) is 5.02 Å². The molecule has 0 aromatic heterocycles. The van der Waals surface area contributed by atoms with Gasteiger partial charge in [-0.1, -0.05) is 35.9 Å². The maximum absolute atomic E-state index is 6.02. The number of halogens is 1. The van der Waals surface area contributed by atoms with E-state index in [0.717, 1.165) is 21.7 Å². The highest BCUT2D eigenvalue weighted by atomic mass is 35.5. The van der Waals surface area contributed by atoms with Gasteiger partial charge in [0.05, 0.1) is 0 Å². The summed E-state index contributed by atoms with van der Waals surface area (Å²) in [5.74, 6) is 0.777. The van der Waals surface area contributed by atoms with Gasteiger partial charge in [-0.3, -0.25) is 4.90 Å². The number of thiocarbonyl (C=S) groups is 1. The average molecular weight is 442 g/mol. The number of likely N-dealkylation sites (tertiary alicyclic amines) is 1. The van der Waals surface area contributed by atoms with Crippen LogP contribution in [0.4, 0.5) is 5.69 Å². The minimum Gasteiger partial charge on any atom is -0.358 e. The van der Waals surface area contributed by atoms with Gasteiger partial charge in [0.1, 0.15) is 0 Å². The molecular formula is C25H32ClN3S. The first kappa shape index (κ1) is 21.6. The van der Waals surface area contributed by atoms with Crippen LogP contribution in [0.3, 0.4) is 0 Å². The Morgan fingerprint density at radius 3 is 2.57 bits per heavy atom. The molecular weight excluding hydrogens is 410 g/mol. The second kappa shape index (κ2) is 10.1. The third-order valence-electron chi connectivity index (χ3n) is 6.63. The number of nitrogens with zero attached hydrogens (tertiary/aromatic N) is 1. The fourth-order valence-electron chi connectivity index (χ4n) is 5.05. The van der Waals surface area contributed by atoms with E-state index in [-0.39, 0.29) is 0 Å². The molecule has 1 saturated carbocycles. The second-order valence-electron chi connectivity index (χ2n) is 8.88. The highest BCUT2D eigenvalue weighted by molar-refractivity contribution is 7.80. The van der Waals surface area contributed by atoms with Crippen molar-refractivity contribution in [2.45, 2.75) is 57.5 Å². The van der Waals surface area contributed by atoms with E-state index in [1.807, 2.05) is 12.1 Å². The molecule has 1 aliphatic heterocycles. The molecule has 1 saturated heterocycles. The molecule has 0 amide bonds. The highest BCUT2D eigenvalue weighted by Gasteiger charge is 2.34. The highest BCUT2D eigenvalue weighted by Crippen LogP contribution is 2.30. The predicted octanol–water partition coefficient (Wildman–Crippen LogP) is 5.81. The lowest BCUT2D eigenvalue weighted by molar-refractivity contribution is 0.122. The van der Waals surface area contributed by atoms with E-state index in [0.29, 0.717) is 12.1 Å². The first-order valence-corrected chi connectivity index (χ1v) is 12.0. The van der Waals surface area contributed by atoms with Gasteiger partial charge >= 0.3 is 0 Å². The number of rotatable bonds is 5. The van der Waals surface area contributed by atoms with Crippen LogP contribution < -0.4 is 10.6 Å². The molecule has 160 valence electrons. The van der Waals surface area contributed by atoms with E-state index >= 15 is 0 Å². The van der Waals surface area contributed by atoms with Crippen LogP contribution in [0.25, 0.3) is 0 Å². The SMILES string of the molecule is Cc1cccc(NC(=S)N[C@@H]2CCC[C@H]2N2CCC(Cc3ccc(Cl)cc3)CC2)c1. The van der Waals surface area contributed by atoms with E-state index < -0.39 is 0 Å². The molecule has 0 radical (unpaired) electrons. The van der Waals surface area contributed by atoms with Gasteiger partial charge in [0, 0.05) is 22.8 Å².